The molecule has 0 spiro atoms. The van der Waals surface area contributed by atoms with Crippen LogP contribution in [0.5, 0.6) is 11.5 Å². The van der Waals surface area contributed by atoms with Crippen LogP contribution in [0.1, 0.15) is 10.4 Å². The molecule has 0 aliphatic heterocycles. The Labute approximate surface area is 173 Å². The maximum Gasteiger partial charge on any atom is 0.387 e. The van der Waals surface area contributed by atoms with Gasteiger partial charge in [-0.15, -0.1) is 0 Å². The van der Waals surface area contributed by atoms with E-state index in [1.54, 1.807) is 55.6 Å². The Hall–Kier alpha value is -3.61. The molecule has 1 amide bonds. The minimum absolute atomic E-state index is 0.0165. The second kappa shape index (κ2) is 9.26. The molecule has 0 saturated heterocycles. The van der Waals surface area contributed by atoms with Crippen LogP contribution in [-0.4, -0.2) is 33.7 Å². The van der Waals surface area contributed by atoms with Crippen LogP contribution in [0, 0.1) is 0 Å². The standard InChI is InChI=1S/C23H22F2N2O3/c1-27(2)18-6-4-5-16(13-18)22(28)26-17-9-12-21(30-23(24)25)20(14-17)15-7-10-19(29-3)11-8-15/h4-14,23H,1-3H3,(H,26,28). The first kappa shape index (κ1) is 21.1. The molecule has 0 aliphatic carbocycles. The zero-order valence-corrected chi connectivity index (χ0v) is 16.9. The van der Waals surface area contributed by atoms with E-state index in [9.17, 15) is 13.6 Å². The minimum atomic E-state index is -2.96. The third-order valence-corrected chi connectivity index (χ3v) is 4.48. The smallest absolute Gasteiger partial charge is 0.387 e. The van der Waals surface area contributed by atoms with Crippen molar-refractivity contribution in [2.75, 3.05) is 31.4 Å². The van der Waals surface area contributed by atoms with Crippen molar-refractivity contribution < 1.29 is 23.0 Å². The van der Waals surface area contributed by atoms with Gasteiger partial charge in [0.25, 0.3) is 5.91 Å². The number of ether oxygens (including phenoxy) is 2. The van der Waals surface area contributed by atoms with Crippen LogP contribution in [-0.2, 0) is 0 Å². The lowest BCUT2D eigenvalue weighted by Gasteiger charge is -2.15. The number of benzene rings is 3. The molecule has 5 nitrogen and oxygen atoms in total. The maximum absolute atomic E-state index is 12.9. The summed E-state index contributed by atoms with van der Waals surface area (Å²) in [5.41, 5.74) is 2.92. The average Bonchev–Trinajstić information content (AvgIpc) is 2.74. The summed E-state index contributed by atoms with van der Waals surface area (Å²) in [6, 6.07) is 18.6. The Morgan fingerprint density at radius 3 is 2.37 bits per heavy atom. The van der Waals surface area contributed by atoms with Gasteiger partial charge in [-0.1, -0.05) is 18.2 Å². The van der Waals surface area contributed by atoms with Crippen LogP contribution in [0.3, 0.4) is 0 Å². The Bertz CT molecular complexity index is 1020. The van der Waals surface area contributed by atoms with Crippen molar-refractivity contribution in [2.45, 2.75) is 6.61 Å². The molecule has 0 radical (unpaired) electrons. The van der Waals surface area contributed by atoms with Crippen LogP contribution in [0.2, 0.25) is 0 Å². The van der Waals surface area contributed by atoms with E-state index in [0.29, 0.717) is 28.1 Å². The number of anilines is 2. The fourth-order valence-corrected chi connectivity index (χ4v) is 2.93. The van der Waals surface area contributed by atoms with E-state index < -0.39 is 6.61 Å². The number of carbonyl (C=O) groups excluding carboxylic acids is 1. The highest BCUT2D eigenvalue weighted by Crippen LogP contribution is 2.34. The van der Waals surface area contributed by atoms with Crippen molar-refractivity contribution in [2.24, 2.45) is 0 Å². The van der Waals surface area contributed by atoms with Crippen molar-refractivity contribution in [3.63, 3.8) is 0 Å². The fourth-order valence-electron chi connectivity index (χ4n) is 2.93. The number of amides is 1. The molecule has 0 atom stereocenters. The van der Waals surface area contributed by atoms with E-state index in [-0.39, 0.29) is 11.7 Å². The summed E-state index contributed by atoms with van der Waals surface area (Å²) in [6.45, 7) is -2.96. The van der Waals surface area contributed by atoms with Gasteiger partial charge in [0.05, 0.1) is 7.11 Å². The first-order chi connectivity index (χ1) is 14.4. The predicted molar refractivity (Wildman–Crippen MR) is 114 cm³/mol. The number of halogens is 2. The molecule has 7 heteroatoms. The summed E-state index contributed by atoms with van der Waals surface area (Å²) in [5.74, 6) is 0.352. The molecule has 156 valence electrons. The van der Waals surface area contributed by atoms with Crippen molar-refractivity contribution in [3.05, 3.63) is 72.3 Å². The average molecular weight is 412 g/mol. The molecule has 3 aromatic rings. The summed E-state index contributed by atoms with van der Waals surface area (Å²) in [6.07, 6.45) is 0. The number of nitrogens with zero attached hydrogens (tertiary/aromatic N) is 1. The van der Waals surface area contributed by atoms with E-state index in [4.69, 9.17) is 4.74 Å². The summed E-state index contributed by atoms with van der Waals surface area (Å²) < 4.78 is 35.5. The van der Waals surface area contributed by atoms with Gasteiger partial charge in [-0.2, -0.15) is 8.78 Å². The highest BCUT2D eigenvalue weighted by Gasteiger charge is 2.14. The first-order valence-electron chi connectivity index (χ1n) is 9.19. The van der Waals surface area contributed by atoms with Gasteiger partial charge in [-0.05, 0) is 54.1 Å². The van der Waals surface area contributed by atoms with E-state index in [1.165, 1.54) is 12.1 Å². The predicted octanol–water partition coefficient (Wildman–Crippen LogP) is 5.28. The third-order valence-electron chi connectivity index (χ3n) is 4.48. The van der Waals surface area contributed by atoms with Gasteiger partial charge in [-0.25, -0.2) is 0 Å². The molecule has 0 fully saturated rings. The normalized spacial score (nSPS) is 10.6. The SMILES string of the molecule is COc1ccc(-c2cc(NC(=O)c3cccc(N(C)C)c3)ccc2OC(F)F)cc1. The Balaban J connectivity index is 1.91. The van der Waals surface area contributed by atoms with E-state index in [0.717, 1.165) is 5.69 Å². The van der Waals surface area contributed by atoms with E-state index in [1.807, 2.05) is 25.1 Å². The molecule has 0 heterocycles. The van der Waals surface area contributed by atoms with Gasteiger partial charge in [0.15, 0.2) is 0 Å². The Morgan fingerprint density at radius 2 is 1.73 bits per heavy atom. The fraction of sp³-hybridized carbons (Fsp3) is 0.174. The number of nitrogens with one attached hydrogen (secondary N) is 1. The van der Waals surface area contributed by atoms with Crippen molar-refractivity contribution in [1.29, 1.82) is 0 Å². The van der Waals surface area contributed by atoms with Gasteiger partial charge in [0, 0.05) is 36.6 Å². The molecular formula is C23H22F2N2O3. The minimum Gasteiger partial charge on any atom is -0.497 e. The molecule has 0 unspecified atom stereocenters. The van der Waals surface area contributed by atoms with Gasteiger partial charge in [0.2, 0.25) is 0 Å². The monoisotopic (exact) mass is 412 g/mol. The highest BCUT2D eigenvalue weighted by molar-refractivity contribution is 6.05. The molecular weight excluding hydrogens is 390 g/mol. The summed E-state index contributed by atoms with van der Waals surface area (Å²) in [5, 5.41) is 2.81. The van der Waals surface area contributed by atoms with Gasteiger partial charge >= 0.3 is 6.61 Å². The number of hydrogen-bond donors (Lipinski definition) is 1. The zero-order valence-electron chi connectivity index (χ0n) is 16.9. The highest BCUT2D eigenvalue weighted by atomic mass is 19.3. The number of rotatable bonds is 7. The van der Waals surface area contributed by atoms with Crippen molar-refractivity contribution >= 4 is 17.3 Å². The van der Waals surface area contributed by atoms with E-state index in [2.05, 4.69) is 10.1 Å². The second-order valence-electron chi connectivity index (χ2n) is 6.72. The Kier molecular flexibility index (Phi) is 6.51. The Morgan fingerprint density at radius 1 is 1.00 bits per heavy atom. The number of carbonyl (C=O) groups is 1. The van der Waals surface area contributed by atoms with Crippen LogP contribution < -0.4 is 19.7 Å². The summed E-state index contributed by atoms with van der Waals surface area (Å²) in [7, 11) is 5.32. The molecule has 3 rings (SSSR count). The van der Waals surface area contributed by atoms with E-state index >= 15 is 0 Å². The molecule has 1 N–H and O–H groups in total. The number of hydrogen-bond acceptors (Lipinski definition) is 4. The van der Waals surface area contributed by atoms with Gasteiger partial charge < -0.3 is 19.7 Å². The van der Waals surface area contributed by atoms with Crippen molar-refractivity contribution in [3.8, 4) is 22.6 Å². The number of alkyl halides is 2. The summed E-state index contributed by atoms with van der Waals surface area (Å²) in [4.78, 5) is 14.6. The van der Waals surface area contributed by atoms with Gasteiger partial charge in [0.1, 0.15) is 11.5 Å². The van der Waals surface area contributed by atoms with Crippen LogP contribution in [0.15, 0.2) is 66.7 Å². The van der Waals surface area contributed by atoms with Crippen molar-refractivity contribution in [1.82, 2.24) is 0 Å². The van der Waals surface area contributed by atoms with Crippen LogP contribution in [0.25, 0.3) is 11.1 Å². The van der Waals surface area contributed by atoms with Crippen LogP contribution in [0.4, 0.5) is 20.2 Å². The van der Waals surface area contributed by atoms with Crippen LogP contribution >= 0.6 is 0 Å². The molecule has 3 aromatic carbocycles. The molecule has 0 saturated carbocycles. The maximum atomic E-state index is 12.9. The third kappa shape index (κ3) is 5.05. The number of methoxy groups -OCH3 is 1. The molecule has 0 bridgehead atoms. The summed E-state index contributed by atoms with van der Waals surface area (Å²) >= 11 is 0. The molecule has 0 aliphatic rings. The lowest BCUT2D eigenvalue weighted by molar-refractivity contribution is -0.0494. The molecule has 30 heavy (non-hydrogen) atoms. The lowest BCUT2D eigenvalue weighted by Crippen LogP contribution is -2.14. The quantitative estimate of drug-likeness (QED) is 0.574. The zero-order chi connectivity index (χ0) is 21.7. The van der Waals surface area contributed by atoms with Gasteiger partial charge in [-0.3, -0.25) is 4.79 Å². The first-order valence-corrected chi connectivity index (χ1v) is 9.19. The largest absolute Gasteiger partial charge is 0.497 e. The topological polar surface area (TPSA) is 50.8 Å². The lowest BCUT2D eigenvalue weighted by atomic mass is 10.0. The molecule has 0 aromatic heterocycles. The second-order valence-corrected chi connectivity index (χ2v) is 6.72.